The van der Waals surface area contributed by atoms with E-state index in [1.54, 1.807) is 0 Å². The molecule has 0 bridgehead atoms. The zero-order valence-corrected chi connectivity index (χ0v) is 10.5. The summed E-state index contributed by atoms with van der Waals surface area (Å²) in [5.41, 5.74) is 0. The molecular formula is C9H19F2NO3S. The minimum atomic E-state index is -4.34. The zero-order chi connectivity index (χ0) is 12.9. The van der Waals surface area contributed by atoms with E-state index >= 15 is 0 Å². The molecule has 0 aromatic rings. The summed E-state index contributed by atoms with van der Waals surface area (Å²) >= 11 is 0. The van der Waals surface area contributed by atoms with Crippen LogP contribution in [0, 0.1) is 11.8 Å². The lowest BCUT2D eigenvalue weighted by Gasteiger charge is -2.17. The molecule has 98 valence electrons. The molecule has 0 radical (unpaired) electrons. The van der Waals surface area contributed by atoms with Crippen LogP contribution in [0.3, 0.4) is 0 Å². The van der Waals surface area contributed by atoms with E-state index in [2.05, 4.69) is 0 Å². The molecule has 0 aromatic carbocycles. The van der Waals surface area contributed by atoms with E-state index in [9.17, 15) is 17.2 Å². The maximum atomic E-state index is 12.2. The molecule has 1 atom stereocenters. The molecule has 1 unspecified atom stereocenters. The Bertz CT molecular complexity index is 293. The van der Waals surface area contributed by atoms with E-state index in [-0.39, 0.29) is 19.0 Å². The zero-order valence-electron chi connectivity index (χ0n) is 9.73. The van der Waals surface area contributed by atoms with Crippen molar-refractivity contribution >= 4 is 10.0 Å². The summed E-state index contributed by atoms with van der Waals surface area (Å²) in [4.78, 5) is 0. The molecule has 1 rings (SSSR count). The number of hydrogen-bond donors (Lipinski definition) is 1. The number of aliphatic hydroxyl groups is 1. The van der Waals surface area contributed by atoms with Gasteiger partial charge in [0.25, 0.3) is 10.0 Å². The van der Waals surface area contributed by atoms with E-state index in [4.69, 9.17) is 5.11 Å². The molecule has 1 fully saturated rings. The molecule has 7 heteroatoms. The van der Waals surface area contributed by atoms with E-state index in [0.29, 0.717) is 12.3 Å². The Morgan fingerprint density at radius 3 is 2.12 bits per heavy atom. The molecule has 0 aliphatic carbocycles. The first-order chi connectivity index (χ1) is 7.35. The number of aliphatic hydroxyl groups excluding tert-OH is 1. The quantitative estimate of drug-likeness (QED) is 0.826. The average molecular weight is 259 g/mol. The van der Waals surface area contributed by atoms with Gasteiger partial charge in [-0.05, 0) is 18.3 Å². The second-order valence-electron chi connectivity index (χ2n) is 3.96. The van der Waals surface area contributed by atoms with Crippen LogP contribution in [0.2, 0.25) is 0 Å². The highest BCUT2D eigenvalue weighted by Gasteiger charge is 2.37. The highest BCUT2D eigenvalue weighted by molar-refractivity contribution is 7.89. The smallest absolute Gasteiger partial charge is 0.350 e. The first-order valence-corrected chi connectivity index (χ1v) is 6.58. The Morgan fingerprint density at radius 1 is 1.31 bits per heavy atom. The van der Waals surface area contributed by atoms with Crippen LogP contribution in [-0.4, -0.2) is 43.8 Å². The van der Waals surface area contributed by atoms with Crippen molar-refractivity contribution in [1.29, 1.82) is 0 Å². The topological polar surface area (TPSA) is 57.6 Å². The van der Waals surface area contributed by atoms with E-state index in [1.807, 2.05) is 13.8 Å². The van der Waals surface area contributed by atoms with Crippen LogP contribution < -0.4 is 0 Å². The van der Waals surface area contributed by atoms with Gasteiger partial charge in [-0.15, -0.1) is 0 Å². The van der Waals surface area contributed by atoms with Crippen LogP contribution in [0.15, 0.2) is 0 Å². The second-order valence-corrected chi connectivity index (χ2v) is 5.86. The van der Waals surface area contributed by atoms with Gasteiger partial charge in [-0.3, -0.25) is 0 Å². The van der Waals surface area contributed by atoms with Gasteiger partial charge in [0.05, 0.1) is 0 Å². The molecule has 1 aliphatic heterocycles. The van der Waals surface area contributed by atoms with E-state index in [1.165, 1.54) is 0 Å². The van der Waals surface area contributed by atoms with Gasteiger partial charge in [-0.1, -0.05) is 13.8 Å². The Balaban J connectivity index is 0.00000106. The van der Waals surface area contributed by atoms with Crippen molar-refractivity contribution in [3.8, 4) is 0 Å². The monoisotopic (exact) mass is 259 g/mol. The summed E-state index contributed by atoms with van der Waals surface area (Å²) in [7, 11) is -3.34. The summed E-state index contributed by atoms with van der Waals surface area (Å²) in [6, 6.07) is 0. The molecular weight excluding hydrogens is 240 g/mol. The first-order valence-electron chi connectivity index (χ1n) is 5.07. The summed E-state index contributed by atoms with van der Waals surface area (Å²) in [5, 5.41) is 7.00. The second kappa shape index (κ2) is 6.46. The number of nitrogens with zero attached hydrogens (tertiary/aromatic N) is 1. The molecule has 0 saturated carbocycles. The third-order valence-corrected chi connectivity index (χ3v) is 4.22. The van der Waals surface area contributed by atoms with Crippen molar-refractivity contribution in [2.45, 2.75) is 26.0 Å². The SMILES string of the molecule is CC(C)C1CCN(S(=O)(=O)C(F)F)C1.CO. The fraction of sp³-hybridized carbons (Fsp3) is 1.00. The van der Waals surface area contributed by atoms with E-state index < -0.39 is 15.8 Å². The van der Waals surface area contributed by atoms with Gasteiger partial charge in [0.15, 0.2) is 0 Å². The molecule has 0 spiro atoms. The third-order valence-electron chi connectivity index (χ3n) is 2.72. The number of rotatable bonds is 3. The lowest BCUT2D eigenvalue weighted by molar-refractivity contribution is 0.221. The minimum Gasteiger partial charge on any atom is -0.400 e. The summed E-state index contributed by atoms with van der Waals surface area (Å²) in [6.07, 6.45) is 0.684. The molecule has 4 nitrogen and oxygen atoms in total. The molecule has 1 saturated heterocycles. The van der Waals surface area contributed by atoms with Crippen LogP contribution in [0.4, 0.5) is 8.78 Å². The van der Waals surface area contributed by atoms with Gasteiger partial charge in [0.1, 0.15) is 0 Å². The van der Waals surface area contributed by atoms with Crippen molar-refractivity contribution in [3.63, 3.8) is 0 Å². The van der Waals surface area contributed by atoms with Crippen molar-refractivity contribution in [1.82, 2.24) is 4.31 Å². The van der Waals surface area contributed by atoms with Gasteiger partial charge in [-0.25, -0.2) is 8.42 Å². The third kappa shape index (κ3) is 3.64. The average Bonchev–Trinajstić information content (AvgIpc) is 2.69. The van der Waals surface area contributed by atoms with Crippen LogP contribution in [0.25, 0.3) is 0 Å². The number of hydrogen-bond acceptors (Lipinski definition) is 3. The standard InChI is InChI=1S/C8H15F2NO2S.CH4O/c1-6(2)7-3-4-11(5-7)14(12,13)8(9)10;1-2/h6-8H,3-5H2,1-2H3;2H,1H3. The largest absolute Gasteiger partial charge is 0.400 e. The van der Waals surface area contributed by atoms with Crippen LogP contribution in [-0.2, 0) is 10.0 Å². The van der Waals surface area contributed by atoms with Crippen molar-refractivity contribution < 1.29 is 22.3 Å². The lowest BCUT2D eigenvalue weighted by Crippen LogP contribution is -2.33. The molecule has 1 N–H and O–H groups in total. The van der Waals surface area contributed by atoms with Gasteiger partial charge >= 0.3 is 5.76 Å². The predicted molar refractivity (Wildman–Crippen MR) is 57.6 cm³/mol. The van der Waals surface area contributed by atoms with Crippen molar-refractivity contribution in [2.75, 3.05) is 20.2 Å². The van der Waals surface area contributed by atoms with Crippen molar-refractivity contribution in [3.05, 3.63) is 0 Å². The van der Waals surface area contributed by atoms with Crippen LogP contribution in [0.5, 0.6) is 0 Å². The Kier molecular flexibility index (Phi) is 6.35. The maximum Gasteiger partial charge on any atom is 0.350 e. The molecule has 1 heterocycles. The lowest BCUT2D eigenvalue weighted by atomic mass is 9.96. The Hall–Kier alpha value is -0.270. The maximum absolute atomic E-state index is 12.2. The highest BCUT2D eigenvalue weighted by Crippen LogP contribution is 2.27. The summed E-state index contributed by atoms with van der Waals surface area (Å²) in [5.74, 6) is -2.73. The Morgan fingerprint density at radius 2 is 1.81 bits per heavy atom. The number of halogens is 2. The fourth-order valence-electron chi connectivity index (χ4n) is 1.64. The predicted octanol–water partition coefficient (Wildman–Crippen LogP) is 1.13. The van der Waals surface area contributed by atoms with Gasteiger partial charge in [-0.2, -0.15) is 13.1 Å². The van der Waals surface area contributed by atoms with Crippen LogP contribution in [0.1, 0.15) is 20.3 Å². The van der Waals surface area contributed by atoms with Gasteiger partial charge in [0, 0.05) is 20.2 Å². The van der Waals surface area contributed by atoms with Crippen LogP contribution >= 0.6 is 0 Å². The molecule has 0 aromatic heterocycles. The molecule has 1 aliphatic rings. The number of alkyl halides is 2. The van der Waals surface area contributed by atoms with E-state index in [0.717, 1.165) is 11.4 Å². The van der Waals surface area contributed by atoms with Gasteiger partial charge in [0.2, 0.25) is 0 Å². The summed E-state index contributed by atoms with van der Waals surface area (Å²) in [6.45, 7) is 4.42. The highest BCUT2D eigenvalue weighted by atomic mass is 32.2. The minimum absolute atomic E-state index is 0.212. The molecule has 0 amide bonds. The van der Waals surface area contributed by atoms with Crippen molar-refractivity contribution in [2.24, 2.45) is 11.8 Å². The normalized spacial score (nSPS) is 22.4. The number of sulfonamides is 1. The first kappa shape index (κ1) is 15.7. The Labute approximate surface area is 95.3 Å². The molecule has 16 heavy (non-hydrogen) atoms. The van der Waals surface area contributed by atoms with Gasteiger partial charge < -0.3 is 5.11 Å². The summed E-state index contributed by atoms with van der Waals surface area (Å²) < 4.78 is 47.4. The fourth-order valence-corrected chi connectivity index (χ4v) is 2.63.